The van der Waals surface area contributed by atoms with Crippen molar-refractivity contribution in [3.8, 4) is 0 Å². The van der Waals surface area contributed by atoms with Gasteiger partial charge in [-0.2, -0.15) is 0 Å². The number of hydrogen-bond acceptors (Lipinski definition) is 3. The Balaban J connectivity index is 2.08. The predicted molar refractivity (Wildman–Crippen MR) is 63.4 cm³/mol. The molecule has 5 nitrogen and oxygen atoms in total. The minimum Gasteiger partial charge on any atom is -0.477 e. The standard InChI is InChI=1S/C12H17N3O2/c16-12(17)11-10(7-1-3-13-5-7)8-6-14-4-2-9(8)15-11/h7,13-15H,1-6H2,(H,16,17). The van der Waals surface area contributed by atoms with Crippen LogP contribution in [0.5, 0.6) is 0 Å². The van der Waals surface area contributed by atoms with E-state index >= 15 is 0 Å². The second kappa shape index (κ2) is 4.16. The molecule has 3 rings (SSSR count). The summed E-state index contributed by atoms with van der Waals surface area (Å²) in [5, 5.41) is 15.9. The lowest BCUT2D eigenvalue weighted by Crippen LogP contribution is -2.24. The smallest absolute Gasteiger partial charge is 0.352 e. The van der Waals surface area contributed by atoms with Gasteiger partial charge < -0.3 is 20.7 Å². The monoisotopic (exact) mass is 235 g/mol. The summed E-state index contributed by atoms with van der Waals surface area (Å²) in [5.41, 5.74) is 3.75. The van der Waals surface area contributed by atoms with Crippen LogP contribution in [-0.2, 0) is 13.0 Å². The lowest BCUT2D eigenvalue weighted by atomic mass is 9.92. The quantitative estimate of drug-likeness (QED) is 0.600. The Kier molecular flexibility index (Phi) is 2.64. The maximum Gasteiger partial charge on any atom is 0.352 e. The van der Waals surface area contributed by atoms with Crippen LogP contribution in [0, 0.1) is 0 Å². The van der Waals surface area contributed by atoms with Gasteiger partial charge in [0.15, 0.2) is 0 Å². The Hall–Kier alpha value is -1.33. The van der Waals surface area contributed by atoms with Crippen LogP contribution in [0.3, 0.4) is 0 Å². The first kappa shape index (κ1) is 10.8. The molecule has 0 bridgehead atoms. The van der Waals surface area contributed by atoms with E-state index in [9.17, 15) is 9.90 Å². The minimum absolute atomic E-state index is 0.348. The Labute approximate surface area is 99.6 Å². The predicted octanol–water partition coefficient (Wildman–Crippen LogP) is 0.435. The van der Waals surface area contributed by atoms with Gasteiger partial charge in [0.2, 0.25) is 0 Å². The molecule has 92 valence electrons. The maximum absolute atomic E-state index is 11.3. The molecule has 2 aliphatic heterocycles. The third-order valence-corrected chi connectivity index (χ3v) is 3.77. The maximum atomic E-state index is 11.3. The van der Waals surface area contributed by atoms with Crippen molar-refractivity contribution in [3.05, 3.63) is 22.5 Å². The first-order valence-electron chi connectivity index (χ1n) is 6.15. The van der Waals surface area contributed by atoms with E-state index < -0.39 is 5.97 Å². The first-order valence-corrected chi connectivity index (χ1v) is 6.15. The molecule has 0 saturated carbocycles. The van der Waals surface area contributed by atoms with E-state index in [1.165, 1.54) is 5.56 Å². The van der Waals surface area contributed by atoms with Crippen LogP contribution in [0.15, 0.2) is 0 Å². The van der Waals surface area contributed by atoms with Crippen molar-refractivity contribution < 1.29 is 9.90 Å². The van der Waals surface area contributed by atoms with Crippen LogP contribution in [0.2, 0.25) is 0 Å². The molecule has 1 aromatic heterocycles. The van der Waals surface area contributed by atoms with Gasteiger partial charge in [-0.25, -0.2) is 4.79 Å². The molecule has 0 spiro atoms. The minimum atomic E-state index is -0.832. The zero-order chi connectivity index (χ0) is 11.8. The van der Waals surface area contributed by atoms with Crippen molar-refractivity contribution >= 4 is 5.97 Å². The molecule has 1 fully saturated rings. The van der Waals surface area contributed by atoms with Crippen LogP contribution in [0.1, 0.15) is 39.6 Å². The van der Waals surface area contributed by atoms with E-state index in [4.69, 9.17) is 0 Å². The van der Waals surface area contributed by atoms with Gasteiger partial charge in [-0.15, -0.1) is 0 Å². The van der Waals surface area contributed by atoms with Gasteiger partial charge in [0.05, 0.1) is 0 Å². The van der Waals surface area contributed by atoms with Gasteiger partial charge in [0.25, 0.3) is 0 Å². The normalized spacial score (nSPS) is 23.6. The van der Waals surface area contributed by atoms with E-state index in [1.807, 2.05) is 0 Å². The van der Waals surface area contributed by atoms with E-state index in [0.717, 1.165) is 50.3 Å². The summed E-state index contributed by atoms with van der Waals surface area (Å²) in [6.07, 6.45) is 1.93. The molecule has 2 aliphatic rings. The van der Waals surface area contributed by atoms with E-state index in [2.05, 4.69) is 15.6 Å². The number of aromatic amines is 1. The highest BCUT2D eigenvalue weighted by Crippen LogP contribution is 2.32. The molecule has 1 atom stereocenters. The van der Waals surface area contributed by atoms with Gasteiger partial charge in [0, 0.05) is 37.7 Å². The Bertz CT molecular complexity index is 447. The molecule has 0 aliphatic carbocycles. The lowest BCUT2D eigenvalue weighted by molar-refractivity contribution is 0.0689. The average Bonchev–Trinajstić information content (AvgIpc) is 2.94. The molecule has 1 unspecified atom stereocenters. The summed E-state index contributed by atoms with van der Waals surface area (Å²) in [5.74, 6) is -0.484. The van der Waals surface area contributed by atoms with Crippen LogP contribution in [0.25, 0.3) is 0 Å². The molecule has 1 aromatic rings. The summed E-state index contributed by atoms with van der Waals surface area (Å²) in [6, 6.07) is 0. The summed E-state index contributed by atoms with van der Waals surface area (Å²) in [6.45, 7) is 3.60. The highest BCUT2D eigenvalue weighted by molar-refractivity contribution is 5.88. The van der Waals surface area contributed by atoms with Crippen molar-refractivity contribution in [1.29, 1.82) is 0 Å². The highest BCUT2D eigenvalue weighted by atomic mass is 16.4. The first-order chi connectivity index (χ1) is 8.27. The van der Waals surface area contributed by atoms with E-state index in [-0.39, 0.29) is 0 Å². The molecule has 0 aromatic carbocycles. The van der Waals surface area contributed by atoms with Gasteiger partial charge in [0.1, 0.15) is 5.69 Å². The third-order valence-electron chi connectivity index (χ3n) is 3.77. The van der Waals surface area contributed by atoms with Gasteiger partial charge >= 0.3 is 5.97 Å². The van der Waals surface area contributed by atoms with Crippen LogP contribution < -0.4 is 10.6 Å². The largest absolute Gasteiger partial charge is 0.477 e. The third kappa shape index (κ3) is 1.75. The van der Waals surface area contributed by atoms with Crippen LogP contribution in [-0.4, -0.2) is 35.7 Å². The van der Waals surface area contributed by atoms with Crippen molar-refractivity contribution in [1.82, 2.24) is 15.6 Å². The number of aromatic carboxylic acids is 1. The number of H-pyrrole nitrogens is 1. The summed E-state index contributed by atoms with van der Waals surface area (Å²) in [7, 11) is 0. The molecule has 17 heavy (non-hydrogen) atoms. The Morgan fingerprint density at radius 1 is 1.29 bits per heavy atom. The number of carbonyl (C=O) groups is 1. The topological polar surface area (TPSA) is 77.1 Å². The van der Waals surface area contributed by atoms with Crippen molar-refractivity contribution in [2.45, 2.75) is 25.3 Å². The molecular formula is C12H17N3O2. The van der Waals surface area contributed by atoms with Gasteiger partial charge in [-0.05, 0) is 24.1 Å². The molecule has 4 N–H and O–H groups in total. The van der Waals surface area contributed by atoms with Crippen molar-refractivity contribution in [2.24, 2.45) is 0 Å². The fourth-order valence-electron chi connectivity index (χ4n) is 2.97. The molecule has 1 saturated heterocycles. The zero-order valence-electron chi connectivity index (χ0n) is 9.68. The number of hydrogen-bond donors (Lipinski definition) is 4. The van der Waals surface area contributed by atoms with Gasteiger partial charge in [-0.1, -0.05) is 0 Å². The van der Waals surface area contributed by atoms with E-state index in [1.54, 1.807) is 0 Å². The number of fused-ring (bicyclic) bond motifs is 1. The number of nitrogens with one attached hydrogen (secondary N) is 3. The summed E-state index contributed by atoms with van der Waals surface area (Å²) in [4.78, 5) is 14.4. The fraction of sp³-hybridized carbons (Fsp3) is 0.583. The fourth-order valence-corrected chi connectivity index (χ4v) is 2.97. The zero-order valence-corrected chi connectivity index (χ0v) is 9.68. The van der Waals surface area contributed by atoms with Gasteiger partial charge in [-0.3, -0.25) is 0 Å². The Morgan fingerprint density at radius 3 is 2.88 bits per heavy atom. The molecular weight excluding hydrogens is 218 g/mol. The summed E-state index contributed by atoms with van der Waals surface area (Å²) >= 11 is 0. The molecule has 5 heteroatoms. The van der Waals surface area contributed by atoms with Crippen LogP contribution in [0.4, 0.5) is 0 Å². The van der Waals surface area contributed by atoms with Crippen molar-refractivity contribution in [3.63, 3.8) is 0 Å². The average molecular weight is 235 g/mol. The Morgan fingerprint density at radius 2 is 2.18 bits per heavy atom. The second-order valence-corrected chi connectivity index (χ2v) is 4.79. The highest BCUT2D eigenvalue weighted by Gasteiger charge is 2.30. The number of aromatic nitrogens is 1. The van der Waals surface area contributed by atoms with E-state index in [0.29, 0.717) is 11.6 Å². The number of carboxylic acids is 1. The number of rotatable bonds is 2. The second-order valence-electron chi connectivity index (χ2n) is 4.79. The molecule has 0 amide bonds. The summed E-state index contributed by atoms with van der Waals surface area (Å²) < 4.78 is 0. The lowest BCUT2D eigenvalue weighted by Gasteiger charge is -2.17. The molecule has 0 radical (unpaired) electrons. The molecule has 3 heterocycles. The number of carboxylic acid groups (broad SMARTS) is 1. The SMILES string of the molecule is O=C(O)c1[nH]c2c(c1C1CCNC1)CNCC2. The van der Waals surface area contributed by atoms with Crippen LogP contribution >= 0.6 is 0 Å². The van der Waals surface area contributed by atoms with Crippen molar-refractivity contribution in [2.75, 3.05) is 19.6 Å².